The number of rotatable bonds is 6. The number of methoxy groups -OCH3 is 1. The lowest BCUT2D eigenvalue weighted by Gasteiger charge is -2.28. The van der Waals surface area contributed by atoms with E-state index in [2.05, 4.69) is 33.4 Å². The molecule has 31 heavy (non-hydrogen) atoms. The van der Waals surface area contributed by atoms with Gasteiger partial charge in [-0.05, 0) is 66.5 Å². The SMILES string of the molecule is COc1ccc(N2C(=S)N[C@@H](c3ccccn3)[C@@H]2c2sccc2C)cc1NS(C)(=O)=O. The van der Waals surface area contributed by atoms with Gasteiger partial charge in [0.05, 0.1) is 36.8 Å². The highest BCUT2D eigenvalue weighted by Crippen LogP contribution is 2.45. The molecule has 0 spiro atoms. The third-order valence-corrected chi connectivity index (χ3v) is 7.02. The van der Waals surface area contributed by atoms with Crippen LogP contribution in [0.4, 0.5) is 11.4 Å². The normalized spacial score (nSPS) is 18.7. The van der Waals surface area contributed by atoms with E-state index in [1.54, 1.807) is 29.7 Å². The van der Waals surface area contributed by atoms with Crippen molar-refractivity contribution in [2.45, 2.75) is 19.0 Å². The first-order chi connectivity index (χ1) is 14.8. The van der Waals surface area contributed by atoms with Gasteiger partial charge in [-0.3, -0.25) is 9.71 Å². The average molecular weight is 475 g/mol. The second-order valence-electron chi connectivity index (χ2n) is 7.22. The molecule has 0 saturated carbocycles. The molecule has 0 unspecified atom stereocenters. The van der Waals surface area contributed by atoms with Gasteiger partial charge in [-0.25, -0.2) is 8.42 Å². The van der Waals surface area contributed by atoms with Crippen molar-refractivity contribution in [2.75, 3.05) is 23.0 Å². The standard InChI is InChI=1S/C21H22N4O3S3/c1-13-9-11-30-20(13)19-18(15-6-4-5-10-22-15)23-21(29)25(19)14-7-8-17(28-2)16(12-14)24-31(3,26)27/h4-12,18-19,24H,1-3H3,(H,23,29)/t18-,19+/m0/s1. The van der Waals surface area contributed by atoms with Gasteiger partial charge in [0.15, 0.2) is 5.11 Å². The van der Waals surface area contributed by atoms with Crippen LogP contribution in [-0.4, -0.2) is 31.9 Å². The molecule has 0 aliphatic carbocycles. The monoisotopic (exact) mass is 474 g/mol. The fraction of sp³-hybridized carbons (Fsp3) is 0.238. The Morgan fingerprint density at radius 2 is 2.06 bits per heavy atom. The Morgan fingerprint density at radius 3 is 2.68 bits per heavy atom. The van der Waals surface area contributed by atoms with Crippen molar-refractivity contribution < 1.29 is 13.2 Å². The summed E-state index contributed by atoms with van der Waals surface area (Å²) in [5.74, 6) is 0.428. The van der Waals surface area contributed by atoms with E-state index in [9.17, 15) is 8.42 Å². The van der Waals surface area contributed by atoms with Gasteiger partial charge in [0, 0.05) is 16.8 Å². The largest absolute Gasteiger partial charge is 0.495 e. The molecule has 0 bridgehead atoms. The number of hydrogen-bond donors (Lipinski definition) is 2. The van der Waals surface area contributed by atoms with Crippen LogP contribution in [0.2, 0.25) is 0 Å². The first kappa shape index (κ1) is 21.5. The van der Waals surface area contributed by atoms with Gasteiger partial charge in [-0.2, -0.15) is 0 Å². The van der Waals surface area contributed by atoms with E-state index in [4.69, 9.17) is 17.0 Å². The maximum atomic E-state index is 11.9. The van der Waals surface area contributed by atoms with Gasteiger partial charge in [0.25, 0.3) is 0 Å². The molecule has 4 rings (SSSR count). The summed E-state index contributed by atoms with van der Waals surface area (Å²) in [5, 5.41) is 6.02. The van der Waals surface area contributed by atoms with Crippen LogP contribution in [0.1, 0.15) is 28.2 Å². The van der Waals surface area contributed by atoms with Crippen LogP contribution < -0.4 is 19.7 Å². The zero-order chi connectivity index (χ0) is 22.2. The van der Waals surface area contributed by atoms with Crippen LogP contribution in [0.3, 0.4) is 0 Å². The third-order valence-electron chi connectivity index (χ3n) is 5.03. The van der Waals surface area contributed by atoms with Gasteiger partial charge < -0.3 is 15.0 Å². The molecule has 1 aliphatic rings. The minimum absolute atomic E-state index is 0.137. The number of ether oxygens (including phenoxy) is 1. The van der Waals surface area contributed by atoms with E-state index >= 15 is 0 Å². The van der Waals surface area contributed by atoms with Crippen molar-refractivity contribution in [2.24, 2.45) is 0 Å². The maximum absolute atomic E-state index is 11.9. The average Bonchev–Trinajstić information content (AvgIpc) is 3.29. The molecule has 3 aromatic rings. The lowest BCUT2D eigenvalue weighted by Crippen LogP contribution is -2.29. The number of pyridine rings is 1. The number of thiophene rings is 1. The van der Waals surface area contributed by atoms with E-state index in [-0.39, 0.29) is 12.1 Å². The third kappa shape index (κ3) is 4.36. The van der Waals surface area contributed by atoms with Crippen LogP contribution >= 0.6 is 23.6 Å². The van der Waals surface area contributed by atoms with Gasteiger partial charge in [0.1, 0.15) is 5.75 Å². The number of thiocarbonyl (C=S) groups is 1. The van der Waals surface area contributed by atoms with Crippen LogP contribution in [0.25, 0.3) is 0 Å². The molecule has 162 valence electrons. The molecule has 2 aromatic heterocycles. The van der Waals surface area contributed by atoms with Crippen LogP contribution in [0, 0.1) is 6.92 Å². The Labute approximate surface area is 191 Å². The predicted molar refractivity (Wildman–Crippen MR) is 128 cm³/mol. The second-order valence-corrected chi connectivity index (χ2v) is 10.3. The van der Waals surface area contributed by atoms with E-state index in [0.717, 1.165) is 28.1 Å². The van der Waals surface area contributed by atoms with Gasteiger partial charge in [-0.1, -0.05) is 6.07 Å². The number of aryl methyl sites for hydroxylation is 1. The molecule has 0 amide bonds. The first-order valence-electron chi connectivity index (χ1n) is 9.49. The van der Waals surface area contributed by atoms with Crippen LogP contribution in [0.5, 0.6) is 5.75 Å². The molecule has 1 saturated heterocycles. The highest BCUT2D eigenvalue weighted by Gasteiger charge is 2.42. The minimum atomic E-state index is -3.49. The summed E-state index contributed by atoms with van der Waals surface area (Å²) in [5.41, 5.74) is 3.15. The Balaban J connectivity index is 1.83. The zero-order valence-corrected chi connectivity index (χ0v) is 19.6. The highest BCUT2D eigenvalue weighted by atomic mass is 32.2. The lowest BCUT2D eigenvalue weighted by atomic mass is 10.0. The zero-order valence-electron chi connectivity index (χ0n) is 17.2. The van der Waals surface area contributed by atoms with Gasteiger partial charge >= 0.3 is 0 Å². The summed E-state index contributed by atoms with van der Waals surface area (Å²) in [4.78, 5) is 7.73. The maximum Gasteiger partial charge on any atom is 0.229 e. The number of anilines is 2. The van der Waals surface area contributed by atoms with Gasteiger partial charge in [-0.15, -0.1) is 11.3 Å². The fourth-order valence-corrected chi connectivity index (χ4v) is 5.67. The van der Waals surface area contributed by atoms with E-state index in [1.807, 2.05) is 29.2 Å². The van der Waals surface area contributed by atoms with Crippen molar-refractivity contribution in [1.82, 2.24) is 10.3 Å². The molecular formula is C21H22N4O3S3. The fourth-order valence-electron chi connectivity index (χ4n) is 3.71. The molecule has 10 heteroatoms. The topological polar surface area (TPSA) is 83.6 Å². The molecule has 1 fully saturated rings. The number of hydrogen-bond acceptors (Lipinski definition) is 6. The predicted octanol–water partition coefficient (Wildman–Crippen LogP) is 4.01. The summed E-state index contributed by atoms with van der Waals surface area (Å²) >= 11 is 7.39. The number of benzene rings is 1. The minimum Gasteiger partial charge on any atom is -0.495 e. The summed E-state index contributed by atoms with van der Waals surface area (Å²) in [6.45, 7) is 2.07. The Kier molecular flexibility index (Phi) is 5.87. The van der Waals surface area contributed by atoms with Gasteiger partial charge in [0.2, 0.25) is 10.0 Å². The molecule has 2 atom stereocenters. The highest BCUT2D eigenvalue weighted by molar-refractivity contribution is 7.92. The van der Waals surface area contributed by atoms with Crippen molar-refractivity contribution in [3.63, 3.8) is 0 Å². The number of aromatic nitrogens is 1. The number of nitrogens with one attached hydrogen (secondary N) is 2. The molecule has 7 nitrogen and oxygen atoms in total. The van der Waals surface area contributed by atoms with E-state index in [0.29, 0.717) is 16.5 Å². The molecule has 3 heterocycles. The Hall–Kier alpha value is -2.69. The molecule has 1 aromatic carbocycles. The number of sulfonamides is 1. The Morgan fingerprint density at radius 1 is 1.26 bits per heavy atom. The summed E-state index contributed by atoms with van der Waals surface area (Å²) in [6.07, 6.45) is 2.87. The first-order valence-corrected chi connectivity index (χ1v) is 12.7. The summed E-state index contributed by atoms with van der Waals surface area (Å²) in [6, 6.07) is 13.0. The van der Waals surface area contributed by atoms with Crippen molar-refractivity contribution in [1.29, 1.82) is 0 Å². The van der Waals surface area contributed by atoms with E-state index < -0.39 is 10.0 Å². The summed E-state index contributed by atoms with van der Waals surface area (Å²) in [7, 11) is -1.99. The molecule has 1 aliphatic heterocycles. The molecule has 0 radical (unpaired) electrons. The molecule has 2 N–H and O–H groups in total. The van der Waals surface area contributed by atoms with E-state index in [1.165, 1.54) is 7.11 Å². The van der Waals surface area contributed by atoms with Crippen molar-refractivity contribution in [3.05, 3.63) is 70.2 Å². The number of nitrogens with zero attached hydrogens (tertiary/aromatic N) is 2. The Bertz CT molecular complexity index is 1210. The lowest BCUT2D eigenvalue weighted by molar-refractivity contribution is 0.417. The van der Waals surface area contributed by atoms with Crippen molar-refractivity contribution >= 4 is 50.1 Å². The summed E-state index contributed by atoms with van der Waals surface area (Å²) < 4.78 is 31.6. The van der Waals surface area contributed by atoms with Crippen molar-refractivity contribution in [3.8, 4) is 5.75 Å². The van der Waals surface area contributed by atoms with Crippen LogP contribution in [0.15, 0.2) is 54.0 Å². The smallest absolute Gasteiger partial charge is 0.229 e. The second kappa shape index (κ2) is 8.45. The molecular weight excluding hydrogens is 452 g/mol. The quantitative estimate of drug-likeness (QED) is 0.522. The van der Waals surface area contributed by atoms with Crippen LogP contribution in [-0.2, 0) is 10.0 Å².